The molecule has 4 fully saturated rings. The van der Waals surface area contributed by atoms with E-state index in [1.165, 1.54) is 44.1 Å². The van der Waals surface area contributed by atoms with Gasteiger partial charge in [-0.3, -0.25) is 0 Å². The minimum Gasteiger partial charge on any atom is -0.208 e. The van der Waals surface area contributed by atoms with Gasteiger partial charge >= 0.3 is 0 Å². The molecule has 0 N–H and O–H groups in total. The quantitative estimate of drug-likeness (QED) is 0.324. The maximum Gasteiger partial charge on any atom is 0.226 e. The van der Waals surface area contributed by atoms with Crippen molar-refractivity contribution in [3.63, 3.8) is 0 Å². The van der Waals surface area contributed by atoms with Crippen molar-refractivity contribution in [2.24, 2.45) is 17.8 Å². The normalized spacial score (nSPS) is 27.8. The number of hydrogen-bond donors (Lipinski definition) is 0. The highest BCUT2D eigenvalue weighted by Gasteiger charge is 2.51. The Labute approximate surface area is 199 Å². The lowest BCUT2D eigenvalue weighted by molar-refractivity contribution is -0.00518. The topological polar surface area (TPSA) is 38.7 Å². The molecule has 4 saturated carbocycles. The summed E-state index contributed by atoms with van der Waals surface area (Å²) in [6.07, 6.45) is 8.54. The first-order valence-electron chi connectivity index (χ1n) is 12.2. The first-order valence-corrected chi connectivity index (χ1v) is 12.5. The lowest BCUT2D eigenvalue weighted by Crippen LogP contribution is -2.48. The molecule has 0 saturated heterocycles. The molecule has 0 spiro atoms. The predicted molar refractivity (Wildman–Crippen MR) is 133 cm³/mol. The van der Waals surface area contributed by atoms with Crippen LogP contribution in [0.25, 0.3) is 33.5 Å². The maximum absolute atomic E-state index is 6.38. The fraction of sp³-hybridized carbons (Fsp3) is 0.345. The fourth-order valence-corrected chi connectivity index (χ4v) is 7.62. The van der Waals surface area contributed by atoms with Gasteiger partial charge in [0, 0.05) is 11.1 Å². The second kappa shape index (κ2) is 7.36. The molecular weight excluding hydrogens is 426 g/mol. The van der Waals surface area contributed by atoms with Crippen molar-refractivity contribution >= 4 is 22.4 Å². The second-order valence-electron chi connectivity index (χ2n) is 10.6. The van der Waals surface area contributed by atoms with Crippen molar-refractivity contribution < 1.29 is 0 Å². The molecule has 0 unspecified atom stereocenters. The number of aromatic nitrogens is 3. The number of nitrogens with zero attached hydrogens (tertiary/aromatic N) is 3. The van der Waals surface area contributed by atoms with Crippen LogP contribution in [0.5, 0.6) is 0 Å². The molecule has 4 aliphatic rings. The van der Waals surface area contributed by atoms with Crippen molar-refractivity contribution in [3.05, 3.63) is 77.6 Å². The summed E-state index contributed by atoms with van der Waals surface area (Å²) in [5.41, 5.74) is 3.89. The van der Waals surface area contributed by atoms with Gasteiger partial charge < -0.3 is 0 Å². The standard InChI is InChI=1S/C29H26ClN3/c30-28-32-26(31-27(33-28)25-7-3-5-21-4-1-2-6-24(21)25)22-8-10-23(11-9-22)29-15-18-12-19(16-29)14-20(13-18)17-29/h1-11,18-20H,12-17H2. The number of rotatable bonds is 3. The molecule has 0 atom stereocenters. The summed E-state index contributed by atoms with van der Waals surface area (Å²) in [4.78, 5) is 13.8. The zero-order valence-corrected chi connectivity index (χ0v) is 19.3. The summed E-state index contributed by atoms with van der Waals surface area (Å²) < 4.78 is 0. The van der Waals surface area contributed by atoms with Crippen molar-refractivity contribution in [2.75, 3.05) is 0 Å². The molecular formula is C29H26ClN3. The average molecular weight is 452 g/mol. The van der Waals surface area contributed by atoms with Crippen LogP contribution in [-0.4, -0.2) is 15.0 Å². The van der Waals surface area contributed by atoms with Crippen molar-refractivity contribution in [1.29, 1.82) is 0 Å². The van der Waals surface area contributed by atoms with E-state index in [9.17, 15) is 0 Å². The van der Waals surface area contributed by atoms with Crippen LogP contribution in [0.1, 0.15) is 44.1 Å². The Bertz CT molecular complexity index is 1320. The van der Waals surface area contributed by atoms with Crippen molar-refractivity contribution in [3.8, 4) is 22.8 Å². The van der Waals surface area contributed by atoms with Crippen LogP contribution in [0, 0.1) is 17.8 Å². The Kier molecular flexibility index (Phi) is 4.39. The number of benzene rings is 3. The third-order valence-electron chi connectivity index (χ3n) is 8.43. The van der Waals surface area contributed by atoms with Gasteiger partial charge in [-0.05, 0) is 89.6 Å². The molecule has 4 aromatic rings. The molecule has 3 nitrogen and oxygen atoms in total. The molecule has 0 aliphatic heterocycles. The first-order chi connectivity index (χ1) is 16.1. The van der Waals surface area contributed by atoms with Gasteiger partial charge in [0.1, 0.15) is 0 Å². The zero-order valence-electron chi connectivity index (χ0n) is 18.5. The monoisotopic (exact) mass is 451 g/mol. The summed E-state index contributed by atoms with van der Waals surface area (Å²) in [5, 5.41) is 2.51. The summed E-state index contributed by atoms with van der Waals surface area (Å²) in [6.45, 7) is 0. The Hall–Kier alpha value is -2.78. The van der Waals surface area contributed by atoms with Crippen LogP contribution < -0.4 is 0 Å². The average Bonchev–Trinajstić information content (AvgIpc) is 2.82. The lowest BCUT2D eigenvalue weighted by Gasteiger charge is -2.57. The Morgan fingerprint density at radius 1 is 0.667 bits per heavy atom. The molecule has 3 aromatic carbocycles. The van der Waals surface area contributed by atoms with E-state index in [-0.39, 0.29) is 5.28 Å². The third kappa shape index (κ3) is 3.28. The van der Waals surface area contributed by atoms with Crippen LogP contribution in [0.3, 0.4) is 0 Å². The van der Waals surface area contributed by atoms with Crippen LogP contribution >= 0.6 is 11.6 Å². The SMILES string of the molecule is Clc1nc(-c2ccc(C34CC5CC(CC(C5)C3)C4)cc2)nc(-c2cccc3ccccc23)n1. The van der Waals surface area contributed by atoms with Gasteiger partial charge in [-0.25, -0.2) is 4.98 Å². The van der Waals surface area contributed by atoms with E-state index in [0.29, 0.717) is 17.1 Å². The Balaban J connectivity index is 1.26. The minimum absolute atomic E-state index is 0.230. The molecule has 8 rings (SSSR count). The summed E-state index contributed by atoms with van der Waals surface area (Å²) in [6, 6.07) is 23.5. The van der Waals surface area contributed by atoms with Crippen molar-refractivity contribution in [1.82, 2.24) is 15.0 Å². The van der Waals surface area contributed by atoms with Crippen LogP contribution in [0.2, 0.25) is 5.28 Å². The first kappa shape index (κ1) is 19.7. The number of halogens is 1. The van der Waals surface area contributed by atoms with Gasteiger partial charge in [0.2, 0.25) is 5.28 Å². The fourth-order valence-electron chi connectivity index (χ4n) is 7.46. The predicted octanol–water partition coefficient (Wildman–Crippen LogP) is 7.48. The molecule has 1 aromatic heterocycles. The molecule has 33 heavy (non-hydrogen) atoms. The van der Waals surface area contributed by atoms with Crippen LogP contribution in [0.15, 0.2) is 66.7 Å². The zero-order chi connectivity index (χ0) is 22.0. The van der Waals surface area contributed by atoms with E-state index in [2.05, 4.69) is 52.4 Å². The van der Waals surface area contributed by atoms with E-state index in [4.69, 9.17) is 16.6 Å². The molecule has 4 heteroatoms. The van der Waals surface area contributed by atoms with Crippen LogP contribution in [-0.2, 0) is 5.41 Å². The van der Waals surface area contributed by atoms with Gasteiger partial charge in [-0.15, -0.1) is 0 Å². The summed E-state index contributed by atoms with van der Waals surface area (Å²) in [5.74, 6) is 4.09. The lowest BCUT2D eigenvalue weighted by atomic mass is 9.48. The van der Waals surface area contributed by atoms with E-state index < -0.39 is 0 Å². The van der Waals surface area contributed by atoms with Gasteiger partial charge in [0.15, 0.2) is 11.6 Å². The largest absolute Gasteiger partial charge is 0.226 e. The van der Waals surface area contributed by atoms with Gasteiger partial charge in [-0.2, -0.15) is 9.97 Å². The highest BCUT2D eigenvalue weighted by Crippen LogP contribution is 2.60. The summed E-state index contributed by atoms with van der Waals surface area (Å²) in [7, 11) is 0. The minimum atomic E-state index is 0.230. The molecule has 0 radical (unpaired) electrons. The van der Waals surface area contributed by atoms with Crippen LogP contribution in [0.4, 0.5) is 0 Å². The molecule has 0 amide bonds. The Morgan fingerprint density at radius 3 is 2.03 bits per heavy atom. The molecule has 4 aliphatic carbocycles. The highest BCUT2D eigenvalue weighted by molar-refractivity contribution is 6.28. The number of hydrogen-bond acceptors (Lipinski definition) is 3. The molecule has 4 bridgehead atoms. The van der Waals surface area contributed by atoms with Gasteiger partial charge in [-0.1, -0.05) is 66.7 Å². The summed E-state index contributed by atoms with van der Waals surface area (Å²) >= 11 is 6.38. The Morgan fingerprint density at radius 2 is 1.30 bits per heavy atom. The van der Waals surface area contributed by atoms with E-state index >= 15 is 0 Å². The van der Waals surface area contributed by atoms with E-state index in [0.717, 1.165) is 39.7 Å². The van der Waals surface area contributed by atoms with Crippen molar-refractivity contribution in [2.45, 2.75) is 43.9 Å². The third-order valence-corrected chi connectivity index (χ3v) is 8.60. The smallest absolute Gasteiger partial charge is 0.208 e. The van der Waals surface area contributed by atoms with Gasteiger partial charge in [0.05, 0.1) is 0 Å². The molecule has 164 valence electrons. The van der Waals surface area contributed by atoms with Gasteiger partial charge in [0.25, 0.3) is 0 Å². The van der Waals surface area contributed by atoms with E-state index in [1.54, 1.807) is 0 Å². The number of fused-ring (bicyclic) bond motifs is 1. The molecule has 1 heterocycles. The highest BCUT2D eigenvalue weighted by atomic mass is 35.5. The second-order valence-corrected chi connectivity index (χ2v) is 10.9. The maximum atomic E-state index is 6.38. The van der Waals surface area contributed by atoms with E-state index in [1.807, 2.05) is 24.3 Å².